The Balaban J connectivity index is 0. The molecule has 0 aliphatic rings. The van der Waals surface area contributed by atoms with E-state index in [2.05, 4.69) is 0 Å². The van der Waals surface area contributed by atoms with E-state index in [-0.39, 0.29) is 0 Å². The molecule has 0 aromatic heterocycles. The summed E-state index contributed by atoms with van der Waals surface area (Å²) in [5.74, 6) is 0. The van der Waals surface area contributed by atoms with Gasteiger partial charge in [0.05, 0.1) is 0 Å². The van der Waals surface area contributed by atoms with Crippen LogP contribution in [0.25, 0.3) is 0 Å². The SMILES string of the molecule is C[CH-]C.[O]=[V]. The molecule has 0 aromatic carbocycles. The fourth-order valence-corrected chi connectivity index (χ4v) is 0. The standard InChI is InChI=1S/C3H7.O.V/c1-3-2;;/h3H,1-2H3;;/q-1;;. The normalized spacial score (nSPS) is 4.20. The second-order valence-corrected chi connectivity index (χ2v) is 0.577. The number of hydrogen-bond donors (Lipinski definition) is 0. The molecule has 0 atom stereocenters. The van der Waals surface area contributed by atoms with Crippen molar-refractivity contribution in [3.63, 3.8) is 0 Å². The first-order valence-corrected chi connectivity index (χ1v) is 1.91. The zero-order chi connectivity index (χ0) is 4.71. The summed E-state index contributed by atoms with van der Waals surface area (Å²) in [5, 5.41) is 0. The van der Waals surface area contributed by atoms with Crippen LogP contribution in [0.2, 0.25) is 0 Å². The molecule has 31 valence electrons. The van der Waals surface area contributed by atoms with Gasteiger partial charge in [0.1, 0.15) is 0 Å². The summed E-state index contributed by atoms with van der Waals surface area (Å²) >= 11 is 1.06. The fraction of sp³-hybridized carbons (Fsp3) is 0.667. The summed E-state index contributed by atoms with van der Waals surface area (Å²) in [6.45, 7) is 4.00. The van der Waals surface area contributed by atoms with Crippen molar-refractivity contribution in [1.29, 1.82) is 0 Å². The molecule has 2 heteroatoms. The van der Waals surface area contributed by atoms with Gasteiger partial charge >= 0.3 is 21.0 Å². The van der Waals surface area contributed by atoms with Crippen LogP contribution in [0.1, 0.15) is 13.8 Å². The Morgan fingerprint density at radius 1 is 1.40 bits per heavy atom. The van der Waals surface area contributed by atoms with Gasteiger partial charge in [0, 0.05) is 0 Å². The zero-order valence-electron chi connectivity index (χ0n) is 3.43. The summed E-state index contributed by atoms with van der Waals surface area (Å²) < 4.78 is 8.19. The maximum atomic E-state index is 8.19. The van der Waals surface area contributed by atoms with Gasteiger partial charge in [-0.3, -0.25) is 0 Å². The van der Waals surface area contributed by atoms with Crippen LogP contribution in [-0.2, 0) is 21.0 Å². The molecule has 0 unspecified atom stereocenters. The summed E-state index contributed by atoms with van der Waals surface area (Å²) in [6.07, 6.45) is 2.00. The molecule has 0 radical (unpaired) electrons. The Morgan fingerprint density at radius 3 is 1.40 bits per heavy atom. The topological polar surface area (TPSA) is 17.1 Å². The Morgan fingerprint density at radius 2 is 1.40 bits per heavy atom. The quantitative estimate of drug-likeness (QED) is 0.427. The first-order chi connectivity index (χ1) is 2.41. The van der Waals surface area contributed by atoms with Gasteiger partial charge in [0.15, 0.2) is 0 Å². The molecular weight excluding hydrogens is 103 g/mol. The van der Waals surface area contributed by atoms with E-state index in [1.54, 1.807) is 0 Å². The van der Waals surface area contributed by atoms with Crippen molar-refractivity contribution in [2.75, 3.05) is 0 Å². The van der Waals surface area contributed by atoms with Crippen molar-refractivity contribution >= 4 is 0 Å². The van der Waals surface area contributed by atoms with E-state index in [0.717, 1.165) is 17.4 Å². The van der Waals surface area contributed by atoms with Crippen molar-refractivity contribution < 1.29 is 21.0 Å². The average molecular weight is 110 g/mol. The fourth-order valence-electron chi connectivity index (χ4n) is 0. The van der Waals surface area contributed by atoms with Crippen molar-refractivity contribution in [3.05, 3.63) is 6.42 Å². The van der Waals surface area contributed by atoms with E-state index in [1.807, 2.05) is 20.3 Å². The predicted octanol–water partition coefficient (Wildman–Crippen LogP) is 1.11. The first kappa shape index (κ1) is 9.04. The Hall–Kier alpha value is 0.384. The molecule has 0 aliphatic carbocycles. The van der Waals surface area contributed by atoms with E-state index in [9.17, 15) is 0 Å². The van der Waals surface area contributed by atoms with E-state index in [1.165, 1.54) is 0 Å². The second kappa shape index (κ2) is 26.2. The minimum absolute atomic E-state index is 1.06. The van der Waals surface area contributed by atoms with Gasteiger partial charge in [0.2, 0.25) is 0 Å². The number of rotatable bonds is 0. The summed E-state index contributed by atoms with van der Waals surface area (Å²) in [4.78, 5) is 0. The first-order valence-electron chi connectivity index (χ1n) is 1.34. The van der Waals surface area contributed by atoms with Crippen LogP contribution in [0.4, 0.5) is 0 Å². The van der Waals surface area contributed by atoms with Gasteiger partial charge in [-0.15, -0.1) is 0 Å². The Labute approximate surface area is 42.0 Å². The van der Waals surface area contributed by atoms with Crippen molar-refractivity contribution in [1.82, 2.24) is 0 Å². The number of hydrogen-bond acceptors (Lipinski definition) is 1. The predicted molar refractivity (Wildman–Crippen MR) is 16.3 cm³/mol. The van der Waals surface area contributed by atoms with Crippen molar-refractivity contribution in [2.45, 2.75) is 13.8 Å². The zero-order valence-corrected chi connectivity index (χ0v) is 4.83. The van der Waals surface area contributed by atoms with Gasteiger partial charge < -0.3 is 6.42 Å². The molecule has 0 spiro atoms. The Bertz CT molecular complexity index is 10.9. The van der Waals surface area contributed by atoms with Crippen LogP contribution in [0, 0.1) is 6.42 Å². The van der Waals surface area contributed by atoms with Crippen LogP contribution in [0.5, 0.6) is 0 Å². The van der Waals surface area contributed by atoms with E-state index >= 15 is 0 Å². The van der Waals surface area contributed by atoms with Gasteiger partial charge in [0.25, 0.3) is 0 Å². The molecule has 0 bridgehead atoms. The molecule has 0 aliphatic heterocycles. The minimum atomic E-state index is 1.06. The molecule has 0 aromatic rings. The molecule has 0 heterocycles. The van der Waals surface area contributed by atoms with Crippen LogP contribution in [-0.4, -0.2) is 0 Å². The van der Waals surface area contributed by atoms with Crippen LogP contribution < -0.4 is 0 Å². The molecule has 0 N–H and O–H groups in total. The van der Waals surface area contributed by atoms with Crippen molar-refractivity contribution in [2.24, 2.45) is 0 Å². The summed E-state index contributed by atoms with van der Waals surface area (Å²) in [5.41, 5.74) is 0. The van der Waals surface area contributed by atoms with E-state index in [0.29, 0.717) is 0 Å². The summed E-state index contributed by atoms with van der Waals surface area (Å²) in [6, 6.07) is 0. The van der Waals surface area contributed by atoms with E-state index in [4.69, 9.17) is 3.67 Å². The van der Waals surface area contributed by atoms with Crippen LogP contribution in [0.3, 0.4) is 0 Å². The van der Waals surface area contributed by atoms with Gasteiger partial charge in [-0.05, 0) is 0 Å². The molecule has 1 nitrogen and oxygen atoms in total. The molecule has 0 rings (SSSR count). The molecule has 5 heavy (non-hydrogen) atoms. The Kier molecular flexibility index (Phi) is 47.4. The average Bonchev–Trinajstić information content (AvgIpc) is 1.46. The second-order valence-electron chi connectivity index (χ2n) is 0.577. The molecule has 0 fully saturated rings. The monoisotopic (exact) mass is 110 g/mol. The van der Waals surface area contributed by atoms with Crippen LogP contribution in [0.15, 0.2) is 0 Å². The third-order valence-corrected chi connectivity index (χ3v) is 0. The molecular formula is C3H7OV-. The maximum absolute atomic E-state index is 8.19. The van der Waals surface area contributed by atoms with Crippen LogP contribution >= 0.6 is 0 Å². The summed E-state index contributed by atoms with van der Waals surface area (Å²) in [7, 11) is 0. The van der Waals surface area contributed by atoms with Crippen molar-refractivity contribution in [3.8, 4) is 0 Å². The molecule has 0 saturated heterocycles. The van der Waals surface area contributed by atoms with Gasteiger partial charge in [-0.2, -0.15) is 13.8 Å². The third kappa shape index (κ3) is 169. The molecule has 0 saturated carbocycles. The van der Waals surface area contributed by atoms with E-state index < -0.39 is 0 Å². The van der Waals surface area contributed by atoms with Gasteiger partial charge in [-0.25, -0.2) is 0 Å². The molecule has 0 amide bonds. The van der Waals surface area contributed by atoms with Gasteiger partial charge in [-0.1, -0.05) is 0 Å². The third-order valence-electron chi connectivity index (χ3n) is 0.